The van der Waals surface area contributed by atoms with Crippen molar-refractivity contribution >= 4 is 27.2 Å². The number of rotatable bonds is 7. The molecule has 0 amide bonds. The zero-order chi connectivity index (χ0) is 13.3. The summed E-state index contributed by atoms with van der Waals surface area (Å²) in [6.45, 7) is 6.45. The highest BCUT2D eigenvalue weighted by Gasteiger charge is 2.23. The van der Waals surface area contributed by atoms with Gasteiger partial charge in [0.2, 0.25) is 0 Å². The number of carbonyl (C=O) groups excluding carboxylic acids is 3. The van der Waals surface area contributed by atoms with Gasteiger partial charge in [0.1, 0.15) is 0 Å². The van der Waals surface area contributed by atoms with E-state index < -0.39 is 27.2 Å². The first-order chi connectivity index (χ1) is 8.03. The predicted molar refractivity (Wildman–Crippen MR) is 61.1 cm³/mol. The van der Waals surface area contributed by atoms with Crippen LogP contribution in [-0.4, -0.2) is 33.4 Å². The van der Waals surface area contributed by atoms with Gasteiger partial charge in [0, 0.05) is 18.9 Å². The van der Waals surface area contributed by atoms with Gasteiger partial charge in [0.25, 0.3) is 11.9 Å². The van der Waals surface area contributed by atoms with E-state index in [-0.39, 0.29) is 19.1 Å². The Morgan fingerprint density at radius 3 is 1.94 bits per heavy atom. The van der Waals surface area contributed by atoms with Gasteiger partial charge in [-0.3, -0.25) is 9.59 Å². The molecule has 17 heavy (non-hydrogen) atoms. The van der Waals surface area contributed by atoms with Crippen LogP contribution >= 0.6 is 0 Å². The molecule has 0 bridgehead atoms. The zero-order valence-electron chi connectivity index (χ0n) is 9.93. The third-order valence-electron chi connectivity index (χ3n) is 1.63. The van der Waals surface area contributed by atoms with Gasteiger partial charge in [-0.2, -0.15) is 0 Å². The number of ether oxygens (including phenoxy) is 1. The molecule has 7 heteroatoms. The van der Waals surface area contributed by atoms with E-state index in [9.17, 15) is 14.4 Å². The molecule has 0 aromatic rings. The molecule has 0 aliphatic heterocycles. The highest BCUT2D eigenvalue weighted by atomic mass is 28.3. The lowest BCUT2D eigenvalue weighted by atomic mass is 10.5. The molecule has 0 saturated heterocycles. The second kappa shape index (κ2) is 8.51. The summed E-state index contributed by atoms with van der Waals surface area (Å²) in [5.74, 6) is -1.62. The van der Waals surface area contributed by atoms with Gasteiger partial charge in [0.15, 0.2) is 6.23 Å². The standard InChI is InChI=1S/C10H16O6Si/c1-4-8(11)14-7-17(15-9(12)5-2)16-10(13)6-3/h4,17H,1,5-7H2,2-3H3. The first-order valence-corrected chi connectivity index (χ1v) is 6.97. The van der Waals surface area contributed by atoms with Crippen molar-refractivity contribution in [2.45, 2.75) is 26.7 Å². The van der Waals surface area contributed by atoms with Gasteiger partial charge in [0.05, 0.1) is 0 Å². The third-order valence-corrected chi connectivity index (χ3v) is 3.12. The molecule has 0 aliphatic rings. The number of hydrogen-bond donors (Lipinski definition) is 0. The van der Waals surface area contributed by atoms with Gasteiger partial charge in [-0.1, -0.05) is 20.4 Å². The van der Waals surface area contributed by atoms with E-state index >= 15 is 0 Å². The molecular formula is C10H16O6Si. The lowest BCUT2D eigenvalue weighted by molar-refractivity contribution is -0.144. The molecule has 0 unspecified atom stereocenters. The van der Waals surface area contributed by atoms with E-state index in [1.807, 2.05) is 0 Å². The third kappa shape index (κ3) is 7.29. The van der Waals surface area contributed by atoms with Crippen LogP contribution in [0.4, 0.5) is 0 Å². The second-order valence-corrected chi connectivity index (χ2v) is 4.61. The van der Waals surface area contributed by atoms with Crippen LogP contribution in [-0.2, 0) is 28.0 Å². The summed E-state index contributed by atoms with van der Waals surface area (Å²) in [5, 5.41) is 0. The van der Waals surface area contributed by atoms with Crippen molar-refractivity contribution in [1.29, 1.82) is 0 Å². The first kappa shape index (κ1) is 15.4. The van der Waals surface area contributed by atoms with Crippen LogP contribution in [0.15, 0.2) is 12.7 Å². The Bertz CT molecular complexity index is 283. The Hall–Kier alpha value is -1.63. The number of hydrogen-bond acceptors (Lipinski definition) is 6. The van der Waals surface area contributed by atoms with Crippen LogP contribution in [0, 0.1) is 0 Å². The molecule has 0 radical (unpaired) electrons. The summed E-state index contributed by atoms with van der Waals surface area (Å²) in [6.07, 6.45) is 1.11. The minimum atomic E-state index is -2.64. The molecule has 0 N–H and O–H groups in total. The maximum Gasteiger partial charge on any atom is 0.487 e. The minimum absolute atomic E-state index is 0.169. The van der Waals surface area contributed by atoms with Crippen molar-refractivity contribution in [3.63, 3.8) is 0 Å². The molecule has 6 nitrogen and oxygen atoms in total. The van der Waals surface area contributed by atoms with Crippen LogP contribution in [0.25, 0.3) is 0 Å². The van der Waals surface area contributed by atoms with E-state index in [1.54, 1.807) is 13.8 Å². The fourth-order valence-corrected chi connectivity index (χ4v) is 2.17. The van der Waals surface area contributed by atoms with Crippen molar-refractivity contribution in [3.8, 4) is 0 Å². The van der Waals surface area contributed by atoms with Crippen molar-refractivity contribution in [1.82, 2.24) is 0 Å². The maximum atomic E-state index is 11.1. The fourth-order valence-electron chi connectivity index (χ4n) is 0.761. The molecule has 96 valence electrons. The molecule has 0 rings (SSSR count). The van der Waals surface area contributed by atoms with Crippen molar-refractivity contribution in [2.24, 2.45) is 0 Å². The fraction of sp³-hybridized carbons (Fsp3) is 0.500. The highest BCUT2D eigenvalue weighted by Crippen LogP contribution is 1.98. The first-order valence-electron chi connectivity index (χ1n) is 5.21. The molecule has 0 fully saturated rings. The molecule has 0 spiro atoms. The summed E-state index contributed by atoms with van der Waals surface area (Å²) >= 11 is 0. The molecule has 0 aromatic carbocycles. The molecule has 0 atom stereocenters. The van der Waals surface area contributed by atoms with E-state index in [0.29, 0.717) is 0 Å². The van der Waals surface area contributed by atoms with E-state index in [2.05, 4.69) is 6.58 Å². The van der Waals surface area contributed by atoms with E-state index in [4.69, 9.17) is 13.6 Å². The van der Waals surface area contributed by atoms with Gasteiger partial charge < -0.3 is 13.6 Å². The van der Waals surface area contributed by atoms with Gasteiger partial charge in [-0.05, 0) is 0 Å². The lowest BCUT2D eigenvalue weighted by Crippen LogP contribution is -2.34. The average molecular weight is 260 g/mol. The van der Waals surface area contributed by atoms with Gasteiger partial charge >= 0.3 is 15.3 Å². The second-order valence-electron chi connectivity index (χ2n) is 2.95. The summed E-state index contributed by atoms with van der Waals surface area (Å²) < 4.78 is 14.5. The summed E-state index contributed by atoms with van der Waals surface area (Å²) in [7, 11) is -2.64. The summed E-state index contributed by atoms with van der Waals surface area (Å²) in [5.41, 5.74) is 0. The van der Waals surface area contributed by atoms with Crippen LogP contribution in [0.5, 0.6) is 0 Å². The van der Waals surface area contributed by atoms with Gasteiger partial charge in [-0.15, -0.1) is 0 Å². The van der Waals surface area contributed by atoms with E-state index in [1.165, 1.54) is 0 Å². The Morgan fingerprint density at radius 1 is 1.12 bits per heavy atom. The smallest absolute Gasteiger partial charge is 0.485 e. The van der Waals surface area contributed by atoms with Crippen LogP contribution in [0.1, 0.15) is 26.7 Å². The monoisotopic (exact) mass is 260 g/mol. The minimum Gasteiger partial charge on any atom is -0.485 e. The molecule has 0 saturated carbocycles. The van der Waals surface area contributed by atoms with Crippen molar-refractivity contribution in [3.05, 3.63) is 12.7 Å². The zero-order valence-corrected chi connectivity index (χ0v) is 11.1. The molecule has 0 heterocycles. The predicted octanol–water partition coefficient (Wildman–Crippen LogP) is 0.382. The Labute approximate surface area is 101 Å². The molecule has 0 aromatic heterocycles. The van der Waals surface area contributed by atoms with Crippen molar-refractivity contribution < 1.29 is 28.0 Å². The topological polar surface area (TPSA) is 78.9 Å². The van der Waals surface area contributed by atoms with Crippen LogP contribution in [0.3, 0.4) is 0 Å². The van der Waals surface area contributed by atoms with Gasteiger partial charge in [-0.25, -0.2) is 4.79 Å². The summed E-state index contributed by atoms with van der Waals surface area (Å²) in [6, 6.07) is 0. The normalized spacial score (nSPS) is 9.59. The molecule has 0 aliphatic carbocycles. The van der Waals surface area contributed by atoms with Crippen LogP contribution in [0.2, 0.25) is 0 Å². The van der Waals surface area contributed by atoms with E-state index in [0.717, 1.165) is 6.08 Å². The highest BCUT2D eigenvalue weighted by molar-refractivity contribution is 6.48. The Kier molecular flexibility index (Phi) is 7.69. The van der Waals surface area contributed by atoms with Crippen molar-refractivity contribution in [2.75, 3.05) is 6.23 Å². The SMILES string of the molecule is C=CC(=O)OC[SiH](OC(=O)CC)OC(=O)CC. The quantitative estimate of drug-likeness (QED) is 0.374. The summed E-state index contributed by atoms with van der Waals surface area (Å²) in [4.78, 5) is 33.0. The Balaban J connectivity index is 4.28. The number of esters is 1. The lowest BCUT2D eigenvalue weighted by Gasteiger charge is -2.15. The maximum absolute atomic E-state index is 11.1. The average Bonchev–Trinajstić information content (AvgIpc) is 2.34. The van der Waals surface area contributed by atoms with Crippen LogP contribution < -0.4 is 0 Å². The molecular weight excluding hydrogens is 244 g/mol. The Morgan fingerprint density at radius 2 is 1.59 bits per heavy atom. The number of carbonyl (C=O) groups is 3. The largest absolute Gasteiger partial charge is 0.487 e.